The van der Waals surface area contributed by atoms with Crippen molar-refractivity contribution in [2.24, 2.45) is 0 Å². The number of pyridine rings is 1. The van der Waals surface area contributed by atoms with E-state index >= 15 is 0 Å². The molecule has 1 N–H and O–H groups in total. The van der Waals surface area contributed by atoms with Gasteiger partial charge >= 0.3 is 0 Å². The van der Waals surface area contributed by atoms with Crippen LogP contribution in [0.2, 0.25) is 0 Å². The van der Waals surface area contributed by atoms with Crippen LogP contribution in [0.4, 0.5) is 0 Å². The molecule has 1 aromatic rings. The Morgan fingerprint density at radius 1 is 1.35 bits per heavy atom. The summed E-state index contributed by atoms with van der Waals surface area (Å²) in [5.74, 6) is 0. The molecule has 0 bridgehead atoms. The SMILES string of the molecule is CCN1CCc2c(cc(CO)c(=O)n2CC)C1. The largest absolute Gasteiger partial charge is 0.391 e. The lowest BCUT2D eigenvalue weighted by Crippen LogP contribution is -2.36. The van der Waals surface area contributed by atoms with Crippen LogP contribution in [0.5, 0.6) is 0 Å². The Hall–Kier alpha value is -1.13. The van der Waals surface area contributed by atoms with Gasteiger partial charge in [-0.1, -0.05) is 6.92 Å². The summed E-state index contributed by atoms with van der Waals surface area (Å²) in [6, 6.07) is 1.88. The van der Waals surface area contributed by atoms with Gasteiger partial charge in [0.25, 0.3) is 5.56 Å². The lowest BCUT2D eigenvalue weighted by atomic mass is 10.0. The molecule has 0 aliphatic carbocycles. The Bertz CT molecular complexity index is 465. The zero-order valence-corrected chi connectivity index (χ0v) is 10.6. The Kier molecular flexibility index (Phi) is 3.64. The molecule has 0 fully saturated rings. The van der Waals surface area contributed by atoms with Crippen molar-refractivity contribution in [1.29, 1.82) is 0 Å². The molecule has 0 saturated carbocycles. The van der Waals surface area contributed by atoms with Crippen LogP contribution in [-0.2, 0) is 26.1 Å². The van der Waals surface area contributed by atoms with E-state index in [0.29, 0.717) is 12.1 Å². The van der Waals surface area contributed by atoms with Gasteiger partial charge < -0.3 is 9.67 Å². The topological polar surface area (TPSA) is 45.5 Å². The van der Waals surface area contributed by atoms with E-state index in [-0.39, 0.29) is 12.2 Å². The average Bonchev–Trinajstić information content (AvgIpc) is 2.37. The molecule has 0 spiro atoms. The quantitative estimate of drug-likeness (QED) is 0.842. The second-order valence-corrected chi connectivity index (χ2v) is 4.47. The molecule has 1 aliphatic rings. The van der Waals surface area contributed by atoms with Gasteiger partial charge in [-0.05, 0) is 25.1 Å². The summed E-state index contributed by atoms with van der Waals surface area (Å²) >= 11 is 0. The third-order valence-electron chi connectivity index (χ3n) is 3.56. The number of aliphatic hydroxyl groups is 1. The Labute approximate surface area is 101 Å². The van der Waals surface area contributed by atoms with Gasteiger partial charge in [-0.25, -0.2) is 0 Å². The second-order valence-electron chi connectivity index (χ2n) is 4.47. The zero-order valence-electron chi connectivity index (χ0n) is 10.6. The third kappa shape index (κ3) is 2.15. The van der Waals surface area contributed by atoms with Crippen molar-refractivity contribution in [1.82, 2.24) is 9.47 Å². The van der Waals surface area contributed by atoms with E-state index in [1.807, 2.05) is 17.6 Å². The number of likely N-dealkylation sites (N-methyl/N-ethyl adjacent to an activating group) is 1. The molecule has 1 aliphatic heterocycles. The highest BCUT2D eigenvalue weighted by Gasteiger charge is 2.19. The summed E-state index contributed by atoms with van der Waals surface area (Å²) in [7, 11) is 0. The zero-order chi connectivity index (χ0) is 12.4. The molecule has 0 amide bonds. The normalized spacial score (nSPS) is 15.9. The number of rotatable bonds is 3. The van der Waals surface area contributed by atoms with E-state index in [2.05, 4.69) is 11.8 Å². The van der Waals surface area contributed by atoms with Crippen molar-refractivity contribution in [3.63, 3.8) is 0 Å². The van der Waals surface area contributed by atoms with Gasteiger partial charge in [-0.3, -0.25) is 9.69 Å². The summed E-state index contributed by atoms with van der Waals surface area (Å²) < 4.78 is 1.81. The first-order valence-electron chi connectivity index (χ1n) is 6.28. The molecule has 0 saturated heterocycles. The van der Waals surface area contributed by atoms with Gasteiger partial charge in [-0.2, -0.15) is 0 Å². The summed E-state index contributed by atoms with van der Waals surface area (Å²) in [5.41, 5.74) is 2.84. The highest BCUT2D eigenvalue weighted by atomic mass is 16.3. The first kappa shape index (κ1) is 12.3. The van der Waals surface area contributed by atoms with Gasteiger partial charge in [0, 0.05) is 37.3 Å². The Morgan fingerprint density at radius 2 is 2.12 bits per heavy atom. The molecule has 2 rings (SSSR count). The minimum absolute atomic E-state index is 0.0290. The summed E-state index contributed by atoms with van der Waals surface area (Å²) in [4.78, 5) is 14.4. The maximum absolute atomic E-state index is 12.0. The minimum atomic E-state index is -0.168. The van der Waals surface area contributed by atoms with Crippen LogP contribution in [0.1, 0.15) is 30.7 Å². The van der Waals surface area contributed by atoms with Gasteiger partial charge in [0.1, 0.15) is 0 Å². The number of aromatic nitrogens is 1. The maximum Gasteiger partial charge on any atom is 0.256 e. The van der Waals surface area contributed by atoms with Gasteiger partial charge in [0.05, 0.1) is 6.61 Å². The molecule has 4 nitrogen and oxygen atoms in total. The van der Waals surface area contributed by atoms with Crippen LogP contribution in [0.15, 0.2) is 10.9 Å². The van der Waals surface area contributed by atoms with E-state index in [4.69, 9.17) is 0 Å². The molecule has 0 radical (unpaired) electrons. The van der Waals surface area contributed by atoms with Crippen molar-refractivity contribution in [3.05, 3.63) is 33.2 Å². The fraction of sp³-hybridized carbons (Fsp3) is 0.615. The van der Waals surface area contributed by atoms with Crippen molar-refractivity contribution < 1.29 is 5.11 Å². The lowest BCUT2D eigenvalue weighted by molar-refractivity contribution is 0.257. The standard InChI is InChI=1S/C13H20N2O2/c1-3-14-6-5-12-10(8-14)7-11(9-16)13(17)15(12)4-2/h7,16H,3-6,8-9H2,1-2H3. The van der Waals surface area contributed by atoms with E-state index in [1.54, 1.807) is 0 Å². The van der Waals surface area contributed by atoms with E-state index in [1.165, 1.54) is 5.56 Å². The molecule has 0 atom stereocenters. The molecular weight excluding hydrogens is 216 g/mol. The predicted molar refractivity (Wildman–Crippen MR) is 67.0 cm³/mol. The van der Waals surface area contributed by atoms with Crippen LogP contribution in [0, 0.1) is 0 Å². The monoisotopic (exact) mass is 236 g/mol. The van der Waals surface area contributed by atoms with Crippen molar-refractivity contribution in [3.8, 4) is 0 Å². The van der Waals surface area contributed by atoms with Crippen molar-refractivity contribution in [2.75, 3.05) is 13.1 Å². The van der Waals surface area contributed by atoms with Crippen LogP contribution in [0.3, 0.4) is 0 Å². The summed E-state index contributed by atoms with van der Waals surface area (Å²) in [6.45, 7) is 7.57. The maximum atomic E-state index is 12.0. The Morgan fingerprint density at radius 3 is 2.71 bits per heavy atom. The third-order valence-corrected chi connectivity index (χ3v) is 3.56. The van der Waals surface area contributed by atoms with Crippen LogP contribution in [-0.4, -0.2) is 27.7 Å². The summed E-state index contributed by atoms with van der Waals surface area (Å²) in [5, 5.41) is 9.24. The molecule has 0 aromatic carbocycles. The molecule has 17 heavy (non-hydrogen) atoms. The number of hydrogen-bond donors (Lipinski definition) is 1. The van der Waals surface area contributed by atoms with Crippen LogP contribution in [0.25, 0.3) is 0 Å². The number of fused-ring (bicyclic) bond motifs is 1. The Balaban J connectivity index is 2.52. The fourth-order valence-corrected chi connectivity index (χ4v) is 2.56. The molecule has 4 heteroatoms. The molecular formula is C13H20N2O2. The van der Waals surface area contributed by atoms with Gasteiger partial charge in [0.2, 0.25) is 0 Å². The summed E-state index contributed by atoms with van der Waals surface area (Å²) in [6.07, 6.45) is 0.929. The van der Waals surface area contributed by atoms with E-state index < -0.39 is 0 Å². The lowest BCUT2D eigenvalue weighted by Gasteiger charge is -2.29. The molecule has 94 valence electrons. The number of aliphatic hydroxyl groups excluding tert-OH is 1. The average molecular weight is 236 g/mol. The fourth-order valence-electron chi connectivity index (χ4n) is 2.56. The number of hydrogen-bond acceptors (Lipinski definition) is 3. The smallest absolute Gasteiger partial charge is 0.256 e. The predicted octanol–water partition coefficient (Wildman–Crippen LogP) is 0.738. The van der Waals surface area contributed by atoms with Crippen LogP contribution < -0.4 is 5.56 Å². The highest BCUT2D eigenvalue weighted by molar-refractivity contribution is 5.28. The van der Waals surface area contributed by atoms with Gasteiger partial charge in [0.15, 0.2) is 0 Å². The second kappa shape index (κ2) is 5.02. The first-order valence-corrected chi connectivity index (χ1v) is 6.28. The molecule has 1 aromatic heterocycles. The molecule has 0 unspecified atom stereocenters. The number of nitrogens with zero attached hydrogens (tertiary/aromatic N) is 2. The van der Waals surface area contributed by atoms with E-state index in [9.17, 15) is 9.90 Å². The minimum Gasteiger partial charge on any atom is -0.391 e. The van der Waals surface area contributed by atoms with Crippen LogP contribution >= 0.6 is 0 Å². The highest BCUT2D eigenvalue weighted by Crippen LogP contribution is 2.18. The van der Waals surface area contributed by atoms with Crippen molar-refractivity contribution >= 4 is 0 Å². The van der Waals surface area contributed by atoms with Crippen molar-refractivity contribution in [2.45, 2.75) is 40.0 Å². The molecule has 2 heterocycles. The van der Waals surface area contributed by atoms with Gasteiger partial charge in [-0.15, -0.1) is 0 Å². The first-order chi connectivity index (χ1) is 8.21. The van der Waals surface area contributed by atoms with E-state index in [0.717, 1.165) is 31.7 Å².